The smallest absolute Gasteiger partial charge is 0.277 e. The molecule has 2 heterocycles. The lowest BCUT2D eigenvalue weighted by Crippen LogP contribution is -2.41. The summed E-state index contributed by atoms with van der Waals surface area (Å²) in [4.78, 5) is 27.4. The average Bonchev–Trinajstić information content (AvgIpc) is 3.13. The number of carbonyl (C=O) groups excluding carboxylic acids is 2. The molecule has 0 bridgehead atoms. The van der Waals surface area contributed by atoms with Gasteiger partial charge in [0.1, 0.15) is 0 Å². The quantitative estimate of drug-likeness (QED) is 0.529. The number of aryl methyl sites for hydroxylation is 1. The zero-order valence-electron chi connectivity index (χ0n) is 16.4. The molecule has 3 aromatic rings. The molecule has 0 unspecified atom stereocenters. The Bertz CT molecular complexity index is 1070. The van der Waals surface area contributed by atoms with Gasteiger partial charge in [-0.15, -0.1) is 10.2 Å². The van der Waals surface area contributed by atoms with Crippen molar-refractivity contribution >= 4 is 35.2 Å². The molecule has 154 valence electrons. The molecule has 1 saturated heterocycles. The van der Waals surface area contributed by atoms with Crippen LogP contribution in [-0.2, 0) is 4.79 Å². The van der Waals surface area contributed by atoms with Gasteiger partial charge in [-0.05, 0) is 55.7 Å². The first-order valence-corrected chi connectivity index (χ1v) is 11.0. The number of benzene rings is 2. The van der Waals surface area contributed by atoms with Crippen molar-refractivity contribution in [3.8, 4) is 11.5 Å². The Morgan fingerprint density at radius 2 is 1.90 bits per heavy atom. The van der Waals surface area contributed by atoms with Crippen molar-refractivity contribution in [2.45, 2.75) is 36.7 Å². The Labute approximate surface area is 183 Å². The molecule has 1 aliphatic heterocycles. The van der Waals surface area contributed by atoms with Gasteiger partial charge in [0.2, 0.25) is 11.8 Å². The number of likely N-dealkylation sites (tertiary alicyclic amines) is 1. The van der Waals surface area contributed by atoms with Gasteiger partial charge in [-0.2, -0.15) is 0 Å². The van der Waals surface area contributed by atoms with E-state index in [1.807, 2.05) is 31.2 Å². The minimum Gasteiger partial charge on any atom is -0.411 e. The summed E-state index contributed by atoms with van der Waals surface area (Å²) in [5, 5.41) is 8.66. The Hall–Kier alpha value is -2.64. The predicted octanol–water partition coefficient (Wildman–Crippen LogP) is 5.01. The fourth-order valence-electron chi connectivity index (χ4n) is 3.37. The van der Waals surface area contributed by atoms with E-state index in [9.17, 15) is 9.59 Å². The fourth-order valence-corrected chi connectivity index (χ4v) is 4.46. The molecule has 4 rings (SSSR count). The van der Waals surface area contributed by atoms with E-state index in [2.05, 4.69) is 10.2 Å². The normalized spacial score (nSPS) is 17.1. The van der Waals surface area contributed by atoms with Gasteiger partial charge in [-0.1, -0.05) is 48.0 Å². The number of rotatable bonds is 4. The standard InChI is InChI=1S/C22H20ClN3O3S/c1-14-6-2-3-7-17(14)19-24-25-22(29-19)30-18-8-4-5-13-26(21(18)28)20(27)15-9-11-16(23)12-10-15/h2-3,6-7,9-12,18H,4-5,8,13H2,1H3/t18-/m0/s1. The molecule has 1 fully saturated rings. The summed E-state index contributed by atoms with van der Waals surface area (Å²) in [5.41, 5.74) is 2.34. The van der Waals surface area contributed by atoms with Crippen LogP contribution in [0.25, 0.3) is 11.5 Å². The molecule has 6 nitrogen and oxygen atoms in total. The Kier molecular flexibility index (Phi) is 6.20. The highest BCUT2D eigenvalue weighted by atomic mass is 35.5. The summed E-state index contributed by atoms with van der Waals surface area (Å²) in [5.74, 6) is -0.117. The van der Waals surface area contributed by atoms with Crippen LogP contribution in [0.1, 0.15) is 35.2 Å². The van der Waals surface area contributed by atoms with Crippen LogP contribution < -0.4 is 0 Å². The predicted molar refractivity (Wildman–Crippen MR) is 115 cm³/mol. The molecule has 1 aliphatic rings. The highest BCUT2D eigenvalue weighted by Gasteiger charge is 2.33. The van der Waals surface area contributed by atoms with Crippen molar-refractivity contribution in [3.63, 3.8) is 0 Å². The lowest BCUT2D eigenvalue weighted by Gasteiger charge is -2.21. The van der Waals surface area contributed by atoms with E-state index in [4.69, 9.17) is 16.0 Å². The van der Waals surface area contributed by atoms with E-state index in [0.717, 1.165) is 24.0 Å². The third kappa shape index (κ3) is 4.42. The molecule has 0 spiro atoms. The number of hydrogen-bond donors (Lipinski definition) is 0. The van der Waals surface area contributed by atoms with Crippen LogP contribution in [0.15, 0.2) is 58.2 Å². The van der Waals surface area contributed by atoms with Crippen molar-refractivity contribution in [1.82, 2.24) is 15.1 Å². The van der Waals surface area contributed by atoms with Gasteiger partial charge in [0, 0.05) is 22.7 Å². The van der Waals surface area contributed by atoms with Crippen LogP contribution >= 0.6 is 23.4 Å². The van der Waals surface area contributed by atoms with Crippen LogP contribution in [0.2, 0.25) is 5.02 Å². The molecule has 30 heavy (non-hydrogen) atoms. The molecule has 0 radical (unpaired) electrons. The largest absolute Gasteiger partial charge is 0.411 e. The molecule has 8 heteroatoms. The summed E-state index contributed by atoms with van der Waals surface area (Å²) in [7, 11) is 0. The van der Waals surface area contributed by atoms with Crippen molar-refractivity contribution in [1.29, 1.82) is 0 Å². The third-order valence-corrected chi connectivity index (χ3v) is 6.34. The van der Waals surface area contributed by atoms with Crippen LogP contribution in [0, 0.1) is 6.92 Å². The molecule has 2 aromatic carbocycles. The number of thioether (sulfide) groups is 1. The second-order valence-electron chi connectivity index (χ2n) is 7.09. The number of imide groups is 1. The summed E-state index contributed by atoms with van der Waals surface area (Å²) in [6, 6.07) is 14.3. The van der Waals surface area contributed by atoms with E-state index in [-0.39, 0.29) is 11.8 Å². The minimum absolute atomic E-state index is 0.229. The van der Waals surface area contributed by atoms with E-state index < -0.39 is 5.25 Å². The maximum atomic E-state index is 13.1. The van der Waals surface area contributed by atoms with Gasteiger partial charge in [-0.25, -0.2) is 0 Å². The summed E-state index contributed by atoms with van der Waals surface area (Å²) in [6.07, 6.45) is 2.25. The summed E-state index contributed by atoms with van der Waals surface area (Å²) in [6.45, 7) is 2.37. The number of aromatic nitrogens is 2. The zero-order valence-corrected chi connectivity index (χ0v) is 17.9. The molecule has 0 aliphatic carbocycles. The van der Waals surface area contributed by atoms with Gasteiger partial charge in [-0.3, -0.25) is 14.5 Å². The van der Waals surface area contributed by atoms with Crippen molar-refractivity contribution < 1.29 is 14.0 Å². The van der Waals surface area contributed by atoms with Crippen molar-refractivity contribution in [3.05, 3.63) is 64.7 Å². The number of halogens is 1. The van der Waals surface area contributed by atoms with E-state index in [1.165, 1.54) is 16.7 Å². The lowest BCUT2D eigenvalue weighted by molar-refractivity contribution is -0.127. The average molecular weight is 442 g/mol. The molecule has 2 amide bonds. The molecular formula is C22H20ClN3O3S. The summed E-state index contributed by atoms with van der Waals surface area (Å²) >= 11 is 7.13. The number of carbonyl (C=O) groups is 2. The van der Waals surface area contributed by atoms with Crippen LogP contribution in [0.5, 0.6) is 0 Å². The number of nitrogens with zero attached hydrogens (tertiary/aromatic N) is 3. The van der Waals surface area contributed by atoms with Gasteiger partial charge in [0.15, 0.2) is 0 Å². The SMILES string of the molecule is Cc1ccccc1-c1nnc(S[C@H]2CCCCN(C(=O)c3ccc(Cl)cc3)C2=O)o1. The molecule has 1 atom stereocenters. The molecular weight excluding hydrogens is 422 g/mol. The zero-order chi connectivity index (χ0) is 21.1. The van der Waals surface area contributed by atoms with E-state index in [0.29, 0.717) is 34.7 Å². The first-order chi connectivity index (χ1) is 14.5. The maximum Gasteiger partial charge on any atom is 0.277 e. The Morgan fingerprint density at radius 3 is 2.67 bits per heavy atom. The monoisotopic (exact) mass is 441 g/mol. The van der Waals surface area contributed by atoms with Gasteiger partial charge >= 0.3 is 0 Å². The molecule has 0 N–H and O–H groups in total. The second kappa shape index (κ2) is 9.02. The van der Waals surface area contributed by atoms with Crippen LogP contribution in [0.4, 0.5) is 0 Å². The highest BCUT2D eigenvalue weighted by molar-refractivity contribution is 8.00. The first kappa shape index (κ1) is 20.6. The van der Waals surface area contributed by atoms with E-state index in [1.54, 1.807) is 24.3 Å². The van der Waals surface area contributed by atoms with Gasteiger partial charge < -0.3 is 4.42 Å². The fraction of sp³-hybridized carbons (Fsp3) is 0.273. The van der Waals surface area contributed by atoms with Gasteiger partial charge in [0.05, 0.1) is 5.25 Å². The number of amides is 2. The van der Waals surface area contributed by atoms with E-state index >= 15 is 0 Å². The Morgan fingerprint density at radius 1 is 1.13 bits per heavy atom. The van der Waals surface area contributed by atoms with Crippen LogP contribution in [0.3, 0.4) is 0 Å². The molecule has 1 aromatic heterocycles. The maximum absolute atomic E-state index is 13.1. The highest BCUT2D eigenvalue weighted by Crippen LogP contribution is 2.32. The molecule has 0 saturated carbocycles. The first-order valence-electron chi connectivity index (χ1n) is 9.70. The van der Waals surface area contributed by atoms with Crippen molar-refractivity contribution in [2.24, 2.45) is 0 Å². The van der Waals surface area contributed by atoms with Crippen molar-refractivity contribution in [2.75, 3.05) is 6.54 Å². The Balaban J connectivity index is 1.51. The lowest BCUT2D eigenvalue weighted by atomic mass is 10.1. The van der Waals surface area contributed by atoms with Gasteiger partial charge in [0.25, 0.3) is 11.1 Å². The second-order valence-corrected chi connectivity index (χ2v) is 8.68. The summed E-state index contributed by atoms with van der Waals surface area (Å²) < 4.78 is 5.81. The topological polar surface area (TPSA) is 76.3 Å². The van der Waals surface area contributed by atoms with Crippen LogP contribution in [-0.4, -0.2) is 38.7 Å². The minimum atomic E-state index is -0.450. The number of hydrogen-bond acceptors (Lipinski definition) is 6. The third-order valence-electron chi connectivity index (χ3n) is 5.00.